The molecule has 0 N–H and O–H groups in total. The number of hydrogen-bond donors (Lipinski definition) is 0. The molecule has 0 atom stereocenters. The van der Waals surface area contributed by atoms with E-state index in [0.29, 0.717) is 6.54 Å². The van der Waals surface area contributed by atoms with Crippen molar-refractivity contribution in [3.63, 3.8) is 0 Å². The lowest BCUT2D eigenvalue weighted by molar-refractivity contribution is 0.392. The molecule has 1 aliphatic carbocycles. The van der Waals surface area contributed by atoms with Gasteiger partial charge in [0.2, 0.25) is 0 Å². The third-order valence-corrected chi connectivity index (χ3v) is 5.40. The highest BCUT2D eigenvalue weighted by Gasteiger charge is 2.21. The summed E-state index contributed by atoms with van der Waals surface area (Å²) in [5.41, 5.74) is 3.07. The Labute approximate surface area is 125 Å². The minimum Gasteiger partial charge on any atom is -0.361 e. The summed E-state index contributed by atoms with van der Waals surface area (Å²) < 4.78 is 6.84. The van der Waals surface area contributed by atoms with Crippen molar-refractivity contribution in [2.45, 2.75) is 39.7 Å². The molecule has 3 heterocycles. The van der Waals surface area contributed by atoms with Gasteiger partial charge in [-0.15, -0.1) is 11.3 Å². The van der Waals surface area contributed by atoms with Crippen LogP contribution in [0.5, 0.6) is 0 Å². The SMILES string of the molecule is Cc1noc(C)c1Cn1cnc2sc3c(c2c1=O)CCC3. The zero-order valence-corrected chi connectivity index (χ0v) is 12.8. The second-order valence-electron chi connectivity index (χ2n) is 5.52. The molecule has 0 aliphatic heterocycles. The van der Waals surface area contributed by atoms with Gasteiger partial charge in [-0.1, -0.05) is 5.16 Å². The van der Waals surface area contributed by atoms with Crippen molar-refractivity contribution in [1.29, 1.82) is 0 Å². The van der Waals surface area contributed by atoms with Crippen LogP contribution in [0.1, 0.15) is 33.9 Å². The summed E-state index contributed by atoms with van der Waals surface area (Å²) in [7, 11) is 0. The summed E-state index contributed by atoms with van der Waals surface area (Å²) in [6, 6.07) is 0. The van der Waals surface area contributed by atoms with Crippen LogP contribution in [0.4, 0.5) is 0 Å². The normalized spacial score (nSPS) is 14.0. The number of nitrogens with zero attached hydrogens (tertiary/aromatic N) is 3. The van der Waals surface area contributed by atoms with E-state index in [4.69, 9.17) is 4.52 Å². The maximum absolute atomic E-state index is 12.8. The Bertz CT molecular complexity index is 884. The third kappa shape index (κ3) is 1.86. The summed E-state index contributed by atoms with van der Waals surface area (Å²) in [5, 5.41) is 4.76. The number of thiophene rings is 1. The Morgan fingerprint density at radius 1 is 1.38 bits per heavy atom. The molecule has 21 heavy (non-hydrogen) atoms. The molecule has 6 heteroatoms. The van der Waals surface area contributed by atoms with Crippen LogP contribution in [0.25, 0.3) is 10.2 Å². The first-order chi connectivity index (χ1) is 10.1. The molecule has 0 fully saturated rings. The van der Waals surface area contributed by atoms with Gasteiger partial charge in [-0.05, 0) is 38.7 Å². The molecular weight excluding hydrogens is 286 g/mol. The number of hydrogen-bond acceptors (Lipinski definition) is 5. The number of fused-ring (bicyclic) bond motifs is 3. The Morgan fingerprint density at radius 3 is 3.00 bits per heavy atom. The van der Waals surface area contributed by atoms with E-state index in [9.17, 15) is 4.79 Å². The van der Waals surface area contributed by atoms with E-state index >= 15 is 0 Å². The molecule has 0 saturated carbocycles. The first kappa shape index (κ1) is 12.8. The zero-order valence-electron chi connectivity index (χ0n) is 12.0. The van der Waals surface area contributed by atoms with Crippen LogP contribution >= 0.6 is 11.3 Å². The predicted octanol–water partition coefficient (Wildman–Crippen LogP) is 2.60. The summed E-state index contributed by atoms with van der Waals surface area (Å²) in [5.74, 6) is 0.759. The molecule has 1 aliphatic rings. The van der Waals surface area contributed by atoms with Crippen molar-refractivity contribution < 1.29 is 4.52 Å². The smallest absolute Gasteiger partial charge is 0.262 e. The van der Waals surface area contributed by atoms with Crippen molar-refractivity contribution >= 4 is 21.6 Å². The number of aromatic nitrogens is 3. The van der Waals surface area contributed by atoms with Gasteiger partial charge in [-0.25, -0.2) is 4.98 Å². The minimum absolute atomic E-state index is 0.0550. The van der Waals surface area contributed by atoms with Gasteiger partial charge < -0.3 is 4.52 Å². The van der Waals surface area contributed by atoms with Crippen molar-refractivity contribution in [3.8, 4) is 0 Å². The molecule has 0 radical (unpaired) electrons. The van der Waals surface area contributed by atoms with Gasteiger partial charge in [0.05, 0.1) is 24.0 Å². The van der Waals surface area contributed by atoms with Gasteiger partial charge in [0.25, 0.3) is 5.56 Å². The Hall–Kier alpha value is -1.95. The van der Waals surface area contributed by atoms with Gasteiger partial charge in [0, 0.05) is 10.4 Å². The third-order valence-electron chi connectivity index (χ3n) is 4.20. The monoisotopic (exact) mass is 301 g/mol. The fourth-order valence-electron chi connectivity index (χ4n) is 3.03. The van der Waals surface area contributed by atoms with Crippen LogP contribution in [0.2, 0.25) is 0 Å². The van der Waals surface area contributed by atoms with Crippen molar-refractivity contribution in [2.24, 2.45) is 0 Å². The largest absolute Gasteiger partial charge is 0.361 e. The Kier molecular flexibility index (Phi) is 2.75. The maximum atomic E-state index is 12.8. The average molecular weight is 301 g/mol. The molecule has 3 aromatic rings. The highest BCUT2D eigenvalue weighted by Crippen LogP contribution is 2.34. The van der Waals surface area contributed by atoms with Crippen molar-refractivity contribution in [1.82, 2.24) is 14.7 Å². The van der Waals surface area contributed by atoms with Crippen LogP contribution in [0, 0.1) is 13.8 Å². The van der Waals surface area contributed by atoms with Crippen LogP contribution in [0.15, 0.2) is 15.6 Å². The lowest BCUT2D eigenvalue weighted by atomic mass is 10.2. The van der Waals surface area contributed by atoms with Crippen LogP contribution in [-0.4, -0.2) is 14.7 Å². The molecule has 0 saturated heterocycles. The van der Waals surface area contributed by atoms with Gasteiger partial charge in [0.15, 0.2) is 0 Å². The first-order valence-electron chi connectivity index (χ1n) is 7.06. The maximum Gasteiger partial charge on any atom is 0.262 e. The van der Waals surface area contributed by atoms with Gasteiger partial charge >= 0.3 is 0 Å². The molecule has 0 bridgehead atoms. The fourth-order valence-corrected chi connectivity index (χ4v) is 4.25. The molecule has 108 valence electrons. The summed E-state index contributed by atoms with van der Waals surface area (Å²) in [4.78, 5) is 19.5. The lowest BCUT2D eigenvalue weighted by Gasteiger charge is -2.05. The highest BCUT2D eigenvalue weighted by atomic mass is 32.1. The first-order valence-corrected chi connectivity index (χ1v) is 7.88. The molecular formula is C15H15N3O2S. The lowest BCUT2D eigenvalue weighted by Crippen LogP contribution is -2.21. The summed E-state index contributed by atoms with van der Waals surface area (Å²) >= 11 is 1.67. The second-order valence-corrected chi connectivity index (χ2v) is 6.60. The molecule has 4 rings (SSSR count). The Balaban J connectivity index is 1.87. The van der Waals surface area contributed by atoms with Crippen LogP contribution < -0.4 is 5.56 Å². The molecule has 0 amide bonds. The van der Waals surface area contributed by atoms with E-state index in [-0.39, 0.29) is 5.56 Å². The summed E-state index contributed by atoms with van der Waals surface area (Å²) in [6.45, 7) is 4.23. The fraction of sp³-hybridized carbons (Fsp3) is 0.400. The van der Waals surface area contributed by atoms with Crippen LogP contribution in [-0.2, 0) is 19.4 Å². The quantitative estimate of drug-likeness (QED) is 0.730. The molecule has 5 nitrogen and oxygen atoms in total. The van der Waals surface area contributed by atoms with Gasteiger partial charge in [-0.3, -0.25) is 9.36 Å². The van der Waals surface area contributed by atoms with E-state index in [1.165, 1.54) is 10.4 Å². The van der Waals surface area contributed by atoms with E-state index in [1.807, 2.05) is 13.8 Å². The number of rotatable bonds is 2. The topological polar surface area (TPSA) is 60.9 Å². The molecule has 0 unspecified atom stereocenters. The van der Waals surface area contributed by atoms with E-state index in [1.54, 1.807) is 22.2 Å². The average Bonchev–Trinajstić information content (AvgIpc) is 3.11. The van der Waals surface area contributed by atoms with Gasteiger partial charge in [-0.2, -0.15) is 0 Å². The van der Waals surface area contributed by atoms with Crippen molar-refractivity contribution in [2.75, 3.05) is 0 Å². The Morgan fingerprint density at radius 2 is 2.24 bits per heavy atom. The molecule has 0 spiro atoms. The van der Waals surface area contributed by atoms with Crippen molar-refractivity contribution in [3.05, 3.63) is 44.1 Å². The molecule has 0 aromatic carbocycles. The standard InChI is InChI=1S/C15H15N3O2S/c1-8-11(9(2)20-17-8)6-18-7-16-14-13(15(18)19)10-4-3-5-12(10)21-14/h7H,3-6H2,1-2H3. The highest BCUT2D eigenvalue weighted by molar-refractivity contribution is 7.18. The minimum atomic E-state index is 0.0550. The predicted molar refractivity (Wildman–Crippen MR) is 81.0 cm³/mol. The van der Waals surface area contributed by atoms with Gasteiger partial charge in [0.1, 0.15) is 10.6 Å². The molecule has 3 aromatic heterocycles. The van der Waals surface area contributed by atoms with E-state index < -0.39 is 0 Å². The van der Waals surface area contributed by atoms with Crippen LogP contribution in [0.3, 0.4) is 0 Å². The van der Waals surface area contributed by atoms with E-state index in [0.717, 1.165) is 46.5 Å². The second kappa shape index (κ2) is 4.53. The zero-order chi connectivity index (χ0) is 14.6. The van der Waals surface area contributed by atoms with E-state index in [2.05, 4.69) is 10.1 Å². The number of aryl methyl sites for hydroxylation is 4. The summed E-state index contributed by atoms with van der Waals surface area (Å²) in [6.07, 6.45) is 4.87.